The summed E-state index contributed by atoms with van der Waals surface area (Å²) in [5.41, 5.74) is 0.199. The summed E-state index contributed by atoms with van der Waals surface area (Å²) in [5, 5.41) is 0. The normalized spacial score (nSPS) is 37.6. The zero-order valence-electron chi connectivity index (χ0n) is 38.2. The van der Waals surface area contributed by atoms with E-state index in [1.54, 1.807) is 0 Å². The molecule has 0 aromatic heterocycles. The highest BCUT2D eigenvalue weighted by atomic mass is 28.4. The van der Waals surface area contributed by atoms with Gasteiger partial charge in [0.2, 0.25) is 0 Å². The van der Waals surface area contributed by atoms with E-state index in [0.29, 0.717) is 59.2 Å². The van der Waals surface area contributed by atoms with E-state index in [4.69, 9.17) is 22.1 Å². The maximum Gasteiger partial charge on any atom is 0.184 e. The fraction of sp³-hybridized carbons (Fsp3) is 1.00. The summed E-state index contributed by atoms with van der Waals surface area (Å²) in [5.74, 6) is 3.85. The maximum absolute atomic E-state index is 7.53. The molecule has 4 aliphatic rings. The van der Waals surface area contributed by atoms with Crippen molar-refractivity contribution in [2.45, 2.75) is 221 Å². The molecule has 0 amide bonds. The van der Waals surface area contributed by atoms with Gasteiger partial charge in [-0.25, -0.2) is 0 Å². The van der Waals surface area contributed by atoms with Gasteiger partial charge in [0, 0.05) is 12.2 Å². The third kappa shape index (κ3) is 11.1. The maximum atomic E-state index is 7.53. The van der Waals surface area contributed by atoms with Crippen LogP contribution in [0.1, 0.15) is 92.4 Å². The van der Waals surface area contributed by atoms with E-state index in [1.807, 2.05) is 0 Å². The first-order chi connectivity index (χ1) is 23.2. The molecule has 52 heavy (non-hydrogen) atoms. The lowest BCUT2D eigenvalue weighted by Gasteiger charge is -2.66. The molecule has 5 nitrogen and oxygen atoms in total. The van der Waals surface area contributed by atoms with Gasteiger partial charge in [-0.05, 0) is 216 Å². The van der Waals surface area contributed by atoms with Crippen LogP contribution in [0.4, 0.5) is 0 Å². The van der Waals surface area contributed by atoms with Gasteiger partial charge in [-0.2, -0.15) is 0 Å². The molecule has 12 atom stereocenters. The number of hydrogen-bond donors (Lipinski definition) is 0. The molecule has 0 heterocycles. The fourth-order valence-corrected chi connectivity index (χ4v) is 18.8. The highest BCUT2D eigenvalue weighted by Gasteiger charge is 2.67. The Morgan fingerprint density at radius 2 is 1.21 bits per heavy atom. The van der Waals surface area contributed by atoms with Crippen molar-refractivity contribution in [2.24, 2.45) is 46.3 Å². The molecule has 0 spiro atoms. The van der Waals surface area contributed by atoms with Gasteiger partial charge in [-0.3, -0.25) is 0 Å². The van der Waals surface area contributed by atoms with Gasteiger partial charge in [0.05, 0.1) is 17.8 Å². The van der Waals surface area contributed by atoms with Crippen molar-refractivity contribution in [2.75, 3.05) is 0 Å². The lowest BCUT2D eigenvalue weighted by Crippen LogP contribution is -2.64. The second-order valence-electron chi connectivity index (χ2n) is 24.2. The molecule has 0 aromatic rings. The Kier molecular flexibility index (Phi) is 13.7. The molecular weight excluding hydrogens is 725 g/mol. The third-order valence-electron chi connectivity index (χ3n) is 13.7. The molecule has 306 valence electrons. The van der Waals surface area contributed by atoms with Crippen LogP contribution in [-0.2, 0) is 22.1 Å². The molecule has 0 N–H and O–H groups in total. The Morgan fingerprint density at radius 3 is 1.73 bits per heavy atom. The summed E-state index contributed by atoms with van der Waals surface area (Å²) in [6, 6.07) is 0. The van der Waals surface area contributed by atoms with Crippen LogP contribution >= 0.6 is 0 Å². The van der Waals surface area contributed by atoms with Gasteiger partial charge >= 0.3 is 0 Å². The van der Waals surface area contributed by atoms with Gasteiger partial charge in [0.1, 0.15) is 0 Å². The Hall–Kier alpha value is 0.884. The Labute approximate surface area is 329 Å². The first-order valence-electron chi connectivity index (χ1n) is 21.7. The minimum atomic E-state index is -1.81. The Bertz CT molecular complexity index is 1200. The summed E-state index contributed by atoms with van der Waals surface area (Å²) in [6.45, 7) is 48.3. The van der Waals surface area contributed by atoms with Gasteiger partial charge in [-0.15, -0.1) is 0 Å². The topological polar surface area (TPSA) is 46.2 Å². The van der Waals surface area contributed by atoms with Crippen molar-refractivity contribution < 1.29 is 22.1 Å². The third-order valence-corrected chi connectivity index (χ3v) is 18.9. The van der Waals surface area contributed by atoms with Crippen LogP contribution in [-0.4, -0.2) is 71.6 Å². The van der Waals surface area contributed by atoms with Crippen LogP contribution in [0.3, 0.4) is 0 Å². The first kappa shape index (κ1) is 45.6. The fourth-order valence-electron chi connectivity index (χ4n) is 12.3. The SMILES string of the molecule is C[C@H](CCC(O[Si](C)(C)C)C(C)(C)O[Si](C)(C)C)[C@H]1CC[C@H]2[C@@H]3[C@H](O[Si](C)(C)C)C[C@@H]4C[C@H](O[Si](C)(C)C)CC[C@]4(C)[C@H]3C[C@H](O[Si](C)(C)C)[C@]12C. The van der Waals surface area contributed by atoms with Crippen molar-refractivity contribution in [1.82, 2.24) is 0 Å². The first-order valence-corrected chi connectivity index (χ1v) is 38.7. The van der Waals surface area contributed by atoms with Crippen LogP contribution in [0.5, 0.6) is 0 Å². The van der Waals surface area contributed by atoms with Gasteiger partial charge in [-0.1, -0.05) is 20.8 Å². The van der Waals surface area contributed by atoms with E-state index in [0.717, 1.165) is 6.42 Å². The summed E-state index contributed by atoms with van der Waals surface area (Å²) >= 11 is 0. The van der Waals surface area contributed by atoms with Crippen LogP contribution in [0.15, 0.2) is 0 Å². The molecule has 0 aliphatic heterocycles. The lowest BCUT2D eigenvalue weighted by atomic mass is 9.43. The average molecular weight is 814 g/mol. The second kappa shape index (κ2) is 15.6. The van der Waals surface area contributed by atoms with E-state index in [1.165, 1.54) is 51.4 Å². The molecule has 1 unspecified atom stereocenters. The molecule has 10 heteroatoms. The minimum absolute atomic E-state index is 0.118. The van der Waals surface area contributed by atoms with Crippen molar-refractivity contribution in [1.29, 1.82) is 0 Å². The zero-order chi connectivity index (χ0) is 39.7. The summed E-state index contributed by atoms with van der Waals surface area (Å²) in [6.07, 6.45) is 12.3. The molecule has 0 bridgehead atoms. The predicted octanol–water partition coefficient (Wildman–Crippen LogP) is 12.8. The number of rotatable bonds is 15. The molecule has 0 aromatic carbocycles. The average Bonchev–Trinajstić information content (AvgIpc) is 3.26. The number of fused-ring (bicyclic) bond motifs is 5. The van der Waals surface area contributed by atoms with Crippen LogP contribution < -0.4 is 0 Å². The molecule has 0 saturated heterocycles. The molecule has 4 aliphatic carbocycles. The lowest BCUT2D eigenvalue weighted by molar-refractivity contribution is -0.199. The van der Waals surface area contributed by atoms with Crippen LogP contribution in [0.25, 0.3) is 0 Å². The largest absolute Gasteiger partial charge is 0.415 e. The predicted molar refractivity (Wildman–Crippen MR) is 236 cm³/mol. The van der Waals surface area contributed by atoms with Crippen molar-refractivity contribution in [3.05, 3.63) is 0 Å². The quantitative estimate of drug-likeness (QED) is 0.154. The van der Waals surface area contributed by atoms with E-state index >= 15 is 0 Å². The van der Waals surface area contributed by atoms with E-state index in [-0.39, 0.29) is 17.1 Å². The smallest absolute Gasteiger partial charge is 0.184 e. The van der Waals surface area contributed by atoms with E-state index in [9.17, 15) is 0 Å². The standard InChI is InChI=1S/C42H88O5Si5/c1-30(21-24-37(45-50(12,13)14)40(2,3)47-52(18,19)20)33-22-23-34-39-35(29-38(42(33,34)5)46-51(15,16)17)41(4)26-25-32(43-48(6,7)8)27-31(41)28-36(39)44-49(9,10)11/h30-39H,21-29H2,1-20H3/t30-,31+,32-,33-,34+,35+,36-,37?,38+,39+,41+,42-/m1/s1. The second-order valence-corrected chi connectivity index (χ2v) is 46.5. The van der Waals surface area contributed by atoms with Crippen LogP contribution in [0.2, 0.25) is 98.2 Å². The van der Waals surface area contributed by atoms with Gasteiger partial charge in [0.15, 0.2) is 41.6 Å². The minimum Gasteiger partial charge on any atom is -0.415 e. The van der Waals surface area contributed by atoms with Crippen molar-refractivity contribution >= 4 is 41.6 Å². The van der Waals surface area contributed by atoms with Gasteiger partial charge < -0.3 is 22.1 Å². The highest BCUT2D eigenvalue weighted by molar-refractivity contribution is 6.71. The molecule has 0 radical (unpaired) electrons. The summed E-state index contributed by atoms with van der Waals surface area (Å²) in [7, 11) is -8.69. The molecule has 4 rings (SSSR count). The Balaban J connectivity index is 1.69. The van der Waals surface area contributed by atoms with Crippen molar-refractivity contribution in [3.8, 4) is 0 Å². The summed E-state index contributed by atoms with van der Waals surface area (Å²) < 4.78 is 35.7. The monoisotopic (exact) mass is 813 g/mol. The summed E-state index contributed by atoms with van der Waals surface area (Å²) in [4.78, 5) is 0. The van der Waals surface area contributed by atoms with Crippen molar-refractivity contribution in [3.63, 3.8) is 0 Å². The number of hydrogen-bond acceptors (Lipinski definition) is 5. The molecule has 4 fully saturated rings. The molecular formula is C42H88O5Si5. The van der Waals surface area contributed by atoms with E-state index < -0.39 is 41.6 Å². The molecule has 4 saturated carbocycles. The zero-order valence-corrected chi connectivity index (χ0v) is 43.2. The highest BCUT2D eigenvalue weighted by Crippen LogP contribution is 2.70. The van der Waals surface area contributed by atoms with E-state index in [2.05, 4.69) is 133 Å². The van der Waals surface area contributed by atoms with Gasteiger partial charge in [0.25, 0.3) is 0 Å². The van der Waals surface area contributed by atoms with Crippen LogP contribution in [0, 0.1) is 46.3 Å². The Morgan fingerprint density at radius 1 is 0.635 bits per heavy atom.